The van der Waals surface area contributed by atoms with E-state index in [9.17, 15) is 8.42 Å². The number of nitrogens with one attached hydrogen (secondary N) is 1. The van der Waals surface area contributed by atoms with Crippen molar-refractivity contribution in [2.75, 3.05) is 20.2 Å². The minimum absolute atomic E-state index is 0.00388. The second-order valence-corrected chi connectivity index (χ2v) is 8.24. The van der Waals surface area contributed by atoms with E-state index < -0.39 is 10.0 Å². The molecule has 8 heteroatoms. The number of H-pyrrole nitrogens is 1. The molecule has 2 atom stereocenters. The molecule has 2 aromatic rings. The summed E-state index contributed by atoms with van der Waals surface area (Å²) in [7, 11) is -1.82. The van der Waals surface area contributed by atoms with E-state index in [1.165, 1.54) is 4.31 Å². The van der Waals surface area contributed by atoms with Crippen LogP contribution in [0.2, 0.25) is 0 Å². The number of nitrogens with zero attached hydrogens (tertiary/aromatic N) is 3. The van der Waals surface area contributed by atoms with E-state index >= 15 is 0 Å². The van der Waals surface area contributed by atoms with Crippen molar-refractivity contribution >= 4 is 10.0 Å². The number of aromatic nitrogens is 3. The number of sulfonamides is 1. The first kappa shape index (κ1) is 17.1. The summed E-state index contributed by atoms with van der Waals surface area (Å²) in [4.78, 5) is 0. The van der Waals surface area contributed by atoms with Crippen molar-refractivity contribution < 1.29 is 13.2 Å². The molecule has 0 bridgehead atoms. The maximum Gasteiger partial charge on any atom is 0.218 e. The minimum atomic E-state index is -3.41. The Bertz CT molecular complexity index is 805. The predicted octanol–water partition coefficient (Wildman–Crippen LogP) is 1.37. The third-order valence-corrected chi connectivity index (χ3v) is 6.45. The zero-order valence-corrected chi connectivity index (χ0v) is 14.9. The molecule has 3 rings (SSSR count). The van der Waals surface area contributed by atoms with Gasteiger partial charge in [-0.3, -0.25) is 0 Å². The first-order valence-corrected chi connectivity index (χ1v) is 9.44. The Hall–Kier alpha value is -1.77. The lowest BCUT2D eigenvalue weighted by molar-refractivity contribution is 0.101. The molecule has 0 amide bonds. The Labute approximate surface area is 142 Å². The van der Waals surface area contributed by atoms with Crippen LogP contribution in [0.15, 0.2) is 24.4 Å². The van der Waals surface area contributed by atoms with Gasteiger partial charge >= 0.3 is 0 Å². The lowest BCUT2D eigenvalue weighted by Crippen LogP contribution is -2.31. The third-order valence-electron chi connectivity index (χ3n) is 4.66. The van der Waals surface area contributed by atoms with Crippen LogP contribution in [-0.4, -0.2) is 54.4 Å². The monoisotopic (exact) mass is 350 g/mol. The highest BCUT2D eigenvalue weighted by Gasteiger charge is 2.40. The maximum atomic E-state index is 12.8. The van der Waals surface area contributed by atoms with Gasteiger partial charge in [0.25, 0.3) is 0 Å². The average Bonchev–Trinajstić information content (AvgIpc) is 3.19. The highest BCUT2D eigenvalue weighted by Crippen LogP contribution is 2.30. The van der Waals surface area contributed by atoms with Gasteiger partial charge in [0.05, 0.1) is 23.7 Å². The summed E-state index contributed by atoms with van der Waals surface area (Å²) in [6, 6.07) is 5.77. The summed E-state index contributed by atoms with van der Waals surface area (Å²) in [6.45, 7) is 4.70. The largest absolute Gasteiger partial charge is 0.379 e. The van der Waals surface area contributed by atoms with Crippen molar-refractivity contribution in [3.63, 3.8) is 0 Å². The molecular formula is C16H22N4O3S. The second-order valence-electron chi connectivity index (χ2n) is 6.27. The Morgan fingerprint density at radius 1 is 1.29 bits per heavy atom. The Morgan fingerprint density at radius 2 is 2.08 bits per heavy atom. The van der Waals surface area contributed by atoms with Crippen molar-refractivity contribution in [1.82, 2.24) is 19.7 Å². The molecule has 2 heterocycles. The van der Waals surface area contributed by atoms with Gasteiger partial charge in [0.1, 0.15) is 0 Å². The second kappa shape index (κ2) is 6.62. The van der Waals surface area contributed by atoms with E-state index in [-0.39, 0.29) is 17.8 Å². The Kier molecular flexibility index (Phi) is 4.71. The maximum absolute atomic E-state index is 12.8. The van der Waals surface area contributed by atoms with Gasteiger partial charge in [-0.2, -0.15) is 19.7 Å². The smallest absolute Gasteiger partial charge is 0.218 e. The fraction of sp³-hybridized carbons (Fsp3) is 0.500. The van der Waals surface area contributed by atoms with Gasteiger partial charge in [0.2, 0.25) is 10.0 Å². The quantitative estimate of drug-likeness (QED) is 0.880. The molecule has 1 fully saturated rings. The van der Waals surface area contributed by atoms with E-state index in [1.807, 2.05) is 32.0 Å². The summed E-state index contributed by atoms with van der Waals surface area (Å²) >= 11 is 0. The molecule has 0 saturated carbocycles. The summed E-state index contributed by atoms with van der Waals surface area (Å²) < 4.78 is 32.6. The van der Waals surface area contributed by atoms with Crippen LogP contribution in [0.1, 0.15) is 28.3 Å². The molecule has 1 N–H and O–H groups in total. The first-order chi connectivity index (χ1) is 11.4. The zero-order valence-electron chi connectivity index (χ0n) is 14.1. The molecular weight excluding hydrogens is 328 g/mol. The van der Waals surface area contributed by atoms with Crippen LogP contribution in [0.4, 0.5) is 0 Å². The van der Waals surface area contributed by atoms with Crippen LogP contribution < -0.4 is 0 Å². The predicted molar refractivity (Wildman–Crippen MR) is 90.0 cm³/mol. The molecule has 0 aliphatic carbocycles. The van der Waals surface area contributed by atoms with E-state index in [1.54, 1.807) is 13.3 Å². The van der Waals surface area contributed by atoms with E-state index in [0.29, 0.717) is 13.1 Å². The van der Waals surface area contributed by atoms with Crippen LogP contribution >= 0.6 is 0 Å². The fourth-order valence-electron chi connectivity index (χ4n) is 3.07. The molecule has 0 radical (unpaired) electrons. The third kappa shape index (κ3) is 3.35. The molecule has 1 aromatic carbocycles. The van der Waals surface area contributed by atoms with E-state index in [2.05, 4.69) is 15.4 Å². The van der Waals surface area contributed by atoms with Gasteiger partial charge in [-0.15, -0.1) is 0 Å². The van der Waals surface area contributed by atoms with Gasteiger partial charge in [-0.05, 0) is 30.5 Å². The van der Waals surface area contributed by atoms with Crippen LogP contribution in [0.25, 0.3) is 0 Å². The topological polar surface area (TPSA) is 88.2 Å². The number of hydrogen-bond donors (Lipinski definition) is 1. The van der Waals surface area contributed by atoms with Crippen LogP contribution in [0.5, 0.6) is 0 Å². The molecule has 7 nitrogen and oxygen atoms in total. The number of rotatable bonds is 5. The molecule has 130 valence electrons. The Morgan fingerprint density at radius 3 is 2.71 bits per heavy atom. The van der Waals surface area contributed by atoms with Gasteiger partial charge in [0, 0.05) is 26.1 Å². The molecule has 1 aliphatic rings. The molecule has 0 unspecified atom stereocenters. The standard InChI is InChI=1S/C16H22N4O3S/c1-11-4-5-13(6-12(11)2)10-24(21,22)20-8-14(16(9-20)23-3)15-7-17-19-18-15/h4-7,14,16H,8-10H2,1-3H3,(H,17,18,19)/t14-,16+/m0/s1. The number of aryl methyl sites for hydroxylation is 2. The SMILES string of the molecule is CO[C@@H]1CN(S(=O)(=O)Cc2ccc(C)c(C)c2)C[C@H]1c1cn[nH]n1. The van der Waals surface area contributed by atoms with Crippen molar-refractivity contribution in [3.8, 4) is 0 Å². The molecule has 1 aliphatic heterocycles. The van der Waals surface area contributed by atoms with Gasteiger partial charge in [-0.1, -0.05) is 18.2 Å². The van der Waals surface area contributed by atoms with Crippen molar-refractivity contribution in [1.29, 1.82) is 0 Å². The minimum Gasteiger partial charge on any atom is -0.379 e. The summed E-state index contributed by atoms with van der Waals surface area (Å²) in [6.07, 6.45) is 1.40. The molecule has 24 heavy (non-hydrogen) atoms. The van der Waals surface area contributed by atoms with Crippen LogP contribution in [-0.2, 0) is 20.5 Å². The van der Waals surface area contributed by atoms with Gasteiger partial charge in [-0.25, -0.2) is 8.42 Å². The number of methoxy groups -OCH3 is 1. The highest BCUT2D eigenvalue weighted by molar-refractivity contribution is 7.88. The number of hydrogen-bond acceptors (Lipinski definition) is 5. The lowest BCUT2D eigenvalue weighted by Gasteiger charge is -2.16. The number of benzene rings is 1. The van der Waals surface area contributed by atoms with Crippen molar-refractivity contribution in [2.45, 2.75) is 31.6 Å². The van der Waals surface area contributed by atoms with Gasteiger partial charge in [0.15, 0.2) is 0 Å². The summed E-state index contributed by atoms with van der Waals surface area (Å²) in [5, 5.41) is 10.5. The fourth-order valence-corrected chi connectivity index (χ4v) is 4.62. The highest BCUT2D eigenvalue weighted by atomic mass is 32.2. The molecule has 0 spiro atoms. The number of ether oxygens (including phenoxy) is 1. The molecule has 1 saturated heterocycles. The van der Waals surface area contributed by atoms with Crippen molar-refractivity contribution in [3.05, 3.63) is 46.8 Å². The summed E-state index contributed by atoms with van der Waals surface area (Å²) in [5.74, 6) is -0.112. The van der Waals surface area contributed by atoms with Crippen molar-refractivity contribution in [2.24, 2.45) is 0 Å². The Balaban J connectivity index is 1.78. The van der Waals surface area contributed by atoms with E-state index in [0.717, 1.165) is 22.4 Å². The van der Waals surface area contributed by atoms with Crippen LogP contribution in [0.3, 0.4) is 0 Å². The zero-order chi connectivity index (χ0) is 17.3. The normalized spacial score (nSPS) is 22.1. The molecule has 1 aromatic heterocycles. The summed E-state index contributed by atoms with van der Waals surface area (Å²) in [5.41, 5.74) is 3.78. The first-order valence-electron chi connectivity index (χ1n) is 7.83. The van der Waals surface area contributed by atoms with Gasteiger partial charge < -0.3 is 4.74 Å². The van der Waals surface area contributed by atoms with E-state index in [4.69, 9.17) is 4.74 Å². The average molecular weight is 350 g/mol. The van der Waals surface area contributed by atoms with Crippen LogP contribution in [0, 0.1) is 13.8 Å². The lowest BCUT2D eigenvalue weighted by atomic mass is 10.0. The number of aromatic amines is 1.